The maximum Gasteiger partial charge on any atom is 0.396 e. The quantitative estimate of drug-likeness (QED) is 0.523. The van der Waals surface area contributed by atoms with Crippen molar-refractivity contribution in [3.05, 3.63) is 0 Å². The fraction of sp³-hybridized carbons (Fsp3) is 0.667. The largest absolute Gasteiger partial charge is 0.396 e. The topological polar surface area (TPSA) is 52.6 Å². The molecule has 0 rings (SSSR count). The standard InChI is InChI=1S/C9H15O4P/c1-5-6-7-8(2)9(10)14(11,12-3)13-4/h8H,7H2,1-4H3. The van der Waals surface area contributed by atoms with Crippen LogP contribution < -0.4 is 0 Å². The van der Waals surface area contributed by atoms with E-state index in [0.29, 0.717) is 6.42 Å². The van der Waals surface area contributed by atoms with E-state index in [1.165, 1.54) is 14.2 Å². The molecule has 0 bridgehead atoms. The summed E-state index contributed by atoms with van der Waals surface area (Å²) in [5.41, 5.74) is -0.523. The van der Waals surface area contributed by atoms with Crippen molar-refractivity contribution in [2.45, 2.75) is 20.3 Å². The monoisotopic (exact) mass is 218 g/mol. The zero-order chi connectivity index (χ0) is 11.2. The molecule has 0 saturated heterocycles. The van der Waals surface area contributed by atoms with Gasteiger partial charge in [-0.3, -0.25) is 9.36 Å². The predicted octanol–water partition coefficient (Wildman–Crippen LogP) is 2.05. The zero-order valence-electron chi connectivity index (χ0n) is 8.86. The van der Waals surface area contributed by atoms with Crippen molar-refractivity contribution in [2.24, 2.45) is 5.92 Å². The van der Waals surface area contributed by atoms with E-state index in [0.717, 1.165) is 0 Å². The zero-order valence-corrected chi connectivity index (χ0v) is 9.76. The molecule has 0 amide bonds. The fourth-order valence-corrected chi connectivity index (χ4v) is 2.01. The van der Waals surface area contributed by atoms with Crippen molar-refractivity contribution in [3.63, 3.8) is 0 Å². The Hall–Kier alpha value is -0.620. The second kappa shape index (κ2) is 5.98. The lowest BCUT2D eigenvalue weighted by atomic mass is 10.1. The molecule has 0 fully saturated rings. The first-order valence-electron chi connectivity index (χ1n) is 4.17. The van der Waals surface area contributed by atoms with Gasteiger partial charge < -0.3 is 9.05 Å². The molecule has 0 radical (unpaired) electrons. The van der Waals surface area contributed by atoms with Crippen LogP contribution in [0.5, 0.6) is 0 Å². The van der Waals surface area contributed by atoms with Crippen LogP contribution in [0.1, 0.15) is 20.3 Å². The molecule has 0 aliphatic rings. The molecule has 0 saturated carbocycles. The molecule has 1 unspecified atom stereocenters. The summed E-state index contributed by atoms with van der Waals surface area (Å²) >= 11 is 0. The van der Waals surface area contributed by atoms with E-state index in [1.807, 2.05) is 0 Å². The SMILES string of the molecule is CC#CCC(C)C(=O)P(=O)(OC)OC. The lowest BCUT2D eigenvalue weighted by Crippen LogP contribution is -2.12. The Morgan fingerprint density at radius 1 is 1.43 bits per heavy atom. The second-order valence-corrected chi connectivity index (χ2v) is 4.90. The van der Waals surface area contributed by atoms with E-state index < -0.39 is 19.0 Å². The highest BCUT2D eigenvalue weighted by atomic mass is 31.2. The number of rotatable bonds is 5. The summed E-state index contributed by atoms with van der Waals surface area (Å²) in [5, 5.41) is 0. The van der Waals surface area contributed by atoms with Gasteiger partial charge in [-0.25, -0.2) is 0 Å². The minimum absolute atomic E-state index is 0.367. The smallest absolute Gasteiger partial charge is 0.307 e. The maximum absolute atomic E-state index is 11.6. The number of carbonyl (C=O) groups excluding carboxylic acids is 1. The molecule has 0 aromatic rings. The molecule has 0 heterocycles. The molecule has 5 heteroatoms. The van der Waals surface area contributed by atoms with Gasteiger partial charge in [0, 0.05) is 26.6 Å². The molecule has 0 spiro atoms. The third kappa shape index (κ3) is 3.26. The molecule has 0 aliphatic carbocycles. The summed E-state index contributed by atoms with van der Waals surface area (Å²) < 4.78 is 20.8. The fourth-order valence-electron chi connectivity index (χ4n) is 0.867. The number of carbonyl (C=O) groups is 1. The predicted molar refractivity (Wildman–Crippen MR) is 53.9 cm³/mol. The van der Waals surface area contributed by atoms with Crippen LogP contribution >= 0.6 is 7.60 Å². The van der Waals surface area contributed by atoms with Crippen LogP contribution in [0, 0.1) is 17.8 Å². The first-order chi connectivity index (χ1) is 6.51. The number of hydrogen-bond acceptors (Lipinski definition) is 4. The van der Waals surface area contributed by atoms with Gasteiger partial charge in [-0.05, 0) is 6.92 Å². The minimum Gasteiger partial charge on any atom is -0.307 e. The molecular weight excluding hydrogens is 203 g/mol. The van der Waals surface area contributed by atoms with E-state index in [4.69, 9.17) is 0 Å². The van der Waals surface area contributed by atoms with Crippen LogP contribution in [-0.2, 0) is 18.4 Å². The number of hydrogen-bond donors (Lipinski definition) is 0. The molecule has 0 aliphatic heterocycles. The van der Waals surface area contributed by atoms with Gasteiger partial charge in [0.25, 0.3) is 0 Å². The Morgan fingerprint density at radius 2 is 1.93 bits per heavy atom. The molecule has 1 atom stereocenters. The van der Waals surface area contributed by atoms with E-state index in [9.17, 15) is 9.36 Å². The van der Waals surface area contributed by atoms with Gasteiger partial charge in [-0.1, -0.05) is 6.92 Å². The Morgan fingerprint density at radius 3 is 2.29 bits per heavy atom. The summed E-state index contributed by atoms with van der Waals surface area (Å²) in [7, 11) is -1.19. The molecule has 14 heavy (non-hydrogen) atoms. The summed E-state index contributed by atoms with van der Waals surface area (Å²) in [4.78, 5) is 11.6. The van der Waals surface area contributed by atoms with Crippen LogP contribution in [0.25, 0.3) is 0 Å². The second-order valence-electron chi connectivity index (χ2n) is 2.73. The minimum atomic E-state index is -3.58. The van der Waals surface area contributed by atoms with Crippen LogP contribution in [0.15, 0.2) is 0 Å². The maximum atomic E-state index is 11.6. The Kier molecular flexibility index (Phi) is 5.71. The summed E-state index contributed by atoms with van der Waals surface area (Å²) in [5.74, 6) is 4.98. The van der Waals surface area contributed by atoms with Crippen LogP contribution in [0.3, 0.4) is 0 Å². The van der Waals surface area contributed by atoms with Crippen LogP contribution in [0.2, 0.25) is 0 Å². The van der Waals surface area contributed by atoms with Crippen molar-refractivity contribution in [2.75, 3.05) is 14.2 Å². The van der Waals surface area contributed by atoms with E-state index in [-0.39, 0.29) is 0 Å². The van der Waals surface area contributed by atoms with E-state index in [2.05, 4.69) is 20.9 Å². The van der Waals surface area contributed by atoms with Crippen molar-refractivity contribution in [1.29, 1.82) is 0 Å². The molecule has 80 valence electrons. The average Bonchev–Trinajstić information content (AvgIpc) is 2.23. The van der Waals surface area contributed by atoms with Crippen LogP contribution in [0.4, 0.5) is 0 Å². The van der Waals surface area contributed by atoms with Gasteiger partial charge >= 0.3 is 7.60 Å². The van der Waals surface area contributed by atoms with Gasteiger partial charge in [-0.15, -0.1) is 11.8 Å². The summed E-state index contributed by atoms with van der Waals surface area (Å²) in [6.07, 6.45) is 0.367. The highest BCUT2D eigenvalue weighted by Crippen LogP contribution is 2.49. The van der Waals surface area contributed by atoms with Gasteiger partial charge in [0.1, 0.15) is 0 Å². The lowest BCUT2D eigenvalue weighted by Gasteiger charge is -2.14. The average molecular weight is 218 g/mol. The first-order valence-corrected chi connectivity index (χ1v) is 5.71. The Labute approximate surface area is 84.5 Å². The van der Waals surface area contributed by atoms with Gasteiger partial charge in [-0.2, -0.15) is 0 Å². The van der Waals surface area contributed by atoms with Crippen molar-refractivity contribution >= 4 is 13.1 Å². The van der Waals surface area contributed by atoms with Gasteiger partial charge in [0.15, 0.2) is 0 Å². The molecule has 0 N–H and O–H groups in total. The summed E-state index contributed by atoms with van der Waals surface area (Å²) in [6, 6.07) is 0. The van der Waals surface area contributed by atoms with E-state index in [1.54, 1.807) is 13.8 Å². The van der Waals surface area contributed by atoms with E-state index >= 15 is 0 Å². The van der Waals surface area contributed by atoms with Crippen molar-refractivity contribution in [3.8, 4) is 11.8 Å². The molecular formula is C9H15O4P. The molecule has 4 nitrogen and oxygen atoms in total. The summed E-state index contributed by atoms with van der Waals surface area (Å²) in [6.45, 7) is 3.33. The normalized spacial score (nSPS) is 12.9. The third-order valence-electron chi connectivity index (χ3n) is 1.76. The van der Waals surface area contributed by atoms with Crippen molar-refractivity contribution in [1.82, 2.24) is 0 Å². The first kappa shape index (κ1) is 13.4. The highest BCUT2D eigenvalue weighted by molar-refractivity contribution is 7.71. The molecule has 0 aromatic heterocycles. The van der Waals surface area contributed by atoms with Gasteiger partial charge in [0.2, 0.25) is 5.52 Å². The van der Waals surface area contributed by atoms with Crippen molar-refractivity contribution < 1.29 is 18.4 Å². The molecule has 0 aromatic carbocycles. The highest BCUT2D eigenvalue weighted by Gasteiger charge is 2.35. The Bertz CT molecular complexity index is 292. The Balaban J connectivity index is 4.57. The van der Waals surface area contributed by atoms with Crippen LogP contribution in [-0.4, -0.2) is 19.7 Å². The van der Waals surface area contributed by atoms with Gasteiger partial charge in [0.05, 0.1) is 0 Å². The lowest BCUT2D eigenvalue weighted by molar-refractivity contribution is -0.116. The third-order valence-corrected chi connectivity index (χ3v) is 3.70.